The second kappa shape index (κ2) is 7.61. The van der Waals surface area contributed by atoms with Gasteiger partial charge < -0.3 is 19.7 Å². The standard InChI is InChI=1S/C16H20N2O4/c1-22-10-7-17-15(19)3-2-8-18-9-6-12-11-13(16(20)21)4-5-14(12)18/h4-6,9,11H,2-3,7-8,10H2,1H3,(H,17,19)(H,20,21). The Morgan fingerprint density at radius 3 is 2.86 bits per heavy atom. The van der Waals surface area contributed by atoms with Gasteiger partial charge in [-0.2, -0.15) is 0 Å². The number of hydrogen-bond acceptors (Lipinski definition) is 3. The number of aryl methyl sites for hydroxylation is 1. The van der Waals surface area contributed by atoms with Crippen LogP contribution in [0, 0.1) is 0 Å². The fraction of sp³-hybridized carbons (Fsp3) is 0.375. The van der Waals surface area contributed by atoms with Crippen molar-refractivity contribution in [2.45, 2.75) is 19.4 Å². The fourth-order valence-electron chi connectivity index (χ4n) is 2.32. The fourth-order valence-corrected chi connectivity index (χ4v) is 2.32. The highest BCUT2D eigenvalue weighted by atomic mass is 16.5. The van der Waals surface area contributed by atoms with Gasteiger partial charge in [-0.15, -0.1) is 0 Å². The molecule has 2 aromatic rings. The predicted molar refractivity (Wildman–Crippen MR) is 83.0 cm³/mol. The summed E-state index contributed by atoms with van der Waals surface area (Å²) >= 11 is 0. The van der Waals surface area contributed by atoms with Gasteiger partial charge in [0.2, 0.25) is 5.91 Å². The second-order valence-electron chi connectivity index (χ2n) is 5.03. The number of rotatable bonds is 8. The van der Waals surface area contributed by atoms with Gasteiger partial charge in [-0.25, -0.2) is 4.79 Å². The zero-order valence-electron chi connectivity index (χ0n) is 12.5. The average Bonchev–Trinajstić information content (AvgIpc) is 2.90. The molecule has 2 N–H and O–H groups in total. The minimum atomic E-state index is -0.928. The predicted octanol–water partition coefficient (Wildman–Crippen LogP) is 1.88. The number of amides is 1. The van der Waals surface area contributed by atoms with Crippen LogP contribution < -0.4 is 5.32 Å². The minimum Gasteiger partial charge on any atom is -0.478 e. The van der Waals surface area contributed by atoms with E-state index in [-0.39, 0.29) is 11.5 Å². The van der Waals surface area contributed by atoms with Crippen molar-refractivity contribution in [1.82, 2.24) is 9.88 Å². The zero-order valence-corrected chi connectivity index (χ0v) is 12.5. The van der Waals surface area contributed by atoms with Gasteiger partial charge in [0.15, 0.2) is 0 Å². The summed E-state index contributed by atoms with van der Waals surface area (Å²) in [6.45, 7) is 1.76. The Bertz CT molecular complexity index is 663. The molecule has 0 aliphatic carbocycles. The third-order valence-corrected chi connectivity index (χ3v) is 3.45. The van der Waals surface area contributed by atoms with Gasteiger partial charge >= 0.3 is 5.97 Å². The van der Waals surface area contributed by atoms with Crippen LogP contribution in [0.4, 0.5) is 0 Å². The van der Waals surface area contributed by atoms with E-state index in [9.17, 15) is 9.59 Å². The Morgan fingerprint density at radius 1 is 1.32 bits per heavy atom. The van der Waals surface area contributed by atoms with Gasteiger partial charge in [-0.3, -0.25) is 4.79 Å². The Labute approximate surface area is 128 Å². The molecule has 2 rings (SSSR count). The van der Waals surface area contributed by atoms with E-state index in [1.165, 1.54) is 0 Å². The molecule has 0 aliphatic heterocycles. The third kappa shape index (κ3) is 4.08. The first-order chi connectivity index (χ1) is 10.6. The summed E-state index contributed by atoms with van der Waals surface area (Å²) in [7, 11) is 1.60. The zero-order chi connectivity index (χ0) is 15.9. The number of hydrogen-bond donors (Lipinski definition) is 2. The monoisotopic (exact) mass is 304 g/mol. The summed E-state index contributed by atoms with van der Waals surface area (Å²) in [6, 6.07) is 6.95. The number of methoxy groups -OCH3 is 1. The first kappa shape index (κ1) is 16.0. The third-order valence-electron chi connectivity index (χ3n) is 3.45. The molecule has 0 spiro atoms. The van der Waals surface area contributed by atoms with Crippen molar-refractivity contribution in [2.24, 2.45) is 0 Å². The Morgan fingerprint density at radius 2 is 2.14 bits per heavy atom. The quantitative estimate of drug-likeness (QED) is 0.730. The van der Waals surface area contributed by atoms with E-state index in [0.717, 1.165) is 17.3 Å². The minimum absolute atomic E-state index is 0.0154. The molecule has 0 saturated heterocycles. The topological polar surface area (TPSA) is 80.6 Å². The van der Waals surface area contributed by atoms with Gasteiger partial charge in [0.05, 0.1) is 12.2 Å². The molecule has 1 aromatic carbocycles. The summed E-state index contributed by atoms with van der Waals surface area (Å²) in [5.41, 5.74) is 1.26. The van der Waals surface area contributed by atoms with E-state index in [1.807, 2.05) is 16.8 Å². The maximum Gasteiger partial charge on any atom is 0.335 e. The lowest BCUT2D eigenvalue weighted by Crippen LogP contribution is -2.26. The first-order valence-corrected chi connectivity index (χ1v) is 7.19. The van der Waals surface area contributed by atoms with Crippen molar-refractivity contribution in [1.29, 1.82) is 0 Å². The summed E-state index contributed by atoms with van der Waals surface area (Å²) < 4.78 is 6.90. The van der Waals surface area contributed by atoms with Crippen molar-refractivity contribution in [3.8, 4) is 0 Å². The molecule has 22 heavy (non-hydrogen) atoms. The van der Waals surface area contributed by atoms with E-state index >= 15 is 0 Å². The normalized spacial score (nSPS) is 10.8. The molecule has 0 fully saturated rings. The van der Waals surface area contributed by atoms with Crippen LogP contribution in [-0.2, 0) is 16.1 Å². The lowest BCUT2D eigenvalue weighted by Gasteiger charge is -2.07. The van der Waals surface area contributed by atoms with Crippen LogP contribution in [0.1, 0.15) is 23.2 Å². The van der Waals surface area contributed by atoms with E-state index < -0.39 is 5.97 Å². The molecule has 6 nitrogen and oxygen atoms in total. The van der Waals surface area contributed by atoms with Crippen LogP contribution >= 0.6 is 0 Å². The van der Waals surface area contributed by atoms with Crippen LogP contribution in [0.25, 0.3) is 10.9 Å². The van der Waals surface area contributed by atoms with E-state index in [2.05, 4.69) is 5.32 Å². The number of benzene rings is 1. The van der Waals surface area contributed by atoms with Crippen molar-refractivity contribution < 1.29 is 19.4 Å². The second-order valence-corrected chi connectivity index (χ2v) is 5.03. The van der Waals surface area contributed by atoms with Gasteiger partial charge in [-0.05, 0) is 30.7 Å². The number of carboxylic acid groups (broad SMARTS) is 1. The lowest BCUT2D eigenvalue weighted by atomic mass is 10.1. The van der Waals surface area contributed by atoms with Gasteiger partial charge in [0.25, 0.3) is 0 Å². The lowest BCUT2D eigenvalue weighted by molar-refractivity contribution is -0.121. The summed E-state index contributed by atoms with van der Waals surface area (Å²) in [4.78, 5) is 22.5. The Hall–Kier alpha value is -2.34. The molecule has 0 saturated carbocycles. The molecule has 0 unspecified atom stereocenters. The van der Waals surface area contributed by atoms with Gasteiger partial charge in [0.1, 0.15) is 0 Å². The molecule has 6 heteroatoms. The van der Waals surface area contributed by atoms with Crippen LogP contribution in [0.2, 0.25) is 0 Å². The van der Waals surface area contributed by atoms with Crippen LogP contribution in [-0.4, -0.2) is 41.8 Å². The molecule has 1 amide bonds. The van der Waals surface area contributed by atoms with Crippen LogP contribution in [0.5, 0.6) is 0 Å². The molecule has 0 bridgehead atoms. The Kier molecular flexibility index (Phi) is 5.55. The summed E-state index contributed by atoms with van der Waals surface area (Å²) in [6.07, 6.45) is 3.10. The molecular weight excluding hydrogens is 284 g/mol. The number of carboxylic acids is 1. The average molecular weight is 304 g/mol. The van der Waals surface area contributed by atoms with Crippen LogP contribution in [0.3, 0.4) is 0 Å². The summed E-state index contributed by atoms with van der Waals surface area (Å²) in [5.74, 6) is -0.913. The van der Waals surface area contributed by atoms with Gasteiger partial charge in [0, 0.05) is 43.7 Å². The first-order valence-electron chi connectivity index (χ1n) is 7.19. The maximum absolute atomic E-state index is 11.6. The number of fused-ring (bicyclic) bond motifs is 1. The highest BCUT2D eigenvalue weighted by molar-refractivity contribution is 5.93. The largest absolute Gasteiger partial charge is 0.478 e. The molecular formula is C16H20N2O4. The number of nitrogens with one attached hydrogen (secondary N) is 1. The number of aromatic carboxylic acids is 1. The molecule has 0 aliphatic rings. The maximum atomic E-state index is 11.6. The molecule has 118 valence electrons. The number of carbonyl (C=O) groups is 2. The SMILES string of the molecule is COCCNC(=O)CCCn1ccc2cc(C(=O)O)ccc21. The van der Waals surface area contributed by atoms with Crippen molar-refractivity contribution in [3.63, 3.8) is 0 Å². The van der Waals surface area contributed by atoms with Crippen molar-refractivity contribution >= 4 is 22.8 Å². The van der Waals surface area contributed by atoms with E-state index in [0.29, 0.717) is 26.1 Å². The van der Waals surface area contributed by atoms with Crippen molar-refractivity contribution in [3.05, 3.63) is 36.0 Å². The molecule has 0 atom stereocenters. The number of aromatic nitrogens is 1. The van der Waals surface area contributed by atoms with Crippen molar-refractivity contribution in [2.75, 3.05) is 20.3 Å². The van der Waals surface area contributed by atoms with E-state index in [1.54, 1.807) is 25.3 Å². The van der Waals surface area contributed by atoms with Gasteiger partial charge in [-0.1, -0.05) is 0 Å². The Balaban J connectivity index is 1.89. The summed E-state index contributed by atoms with van der Waals surface area (Å²) in [5, 5.41) is 12.7. The highest BCUT2D eigenvalue weighted by Crippen LogP contribution is 2.18. The molecule has 1 aromatic heterocycles. The molecule has 0 radical (unpaired) electrons. The number of nitrogens with zero attached hydrogens (tertiary/aromatic N) is 1. The number of ether oxygens (including phenoxy) is 1. The van der Waals surface area contributed by atoms with E-state index in [4.69, 9.17) is 9.84 Å². The van der Waals surface area contributed by atoms with Crippen LogP contribution in [0.15, 0.2) is 30.5 Å². The smallest absolute Gasteiger partial charge is 0.335 e. The number of carbonyl (C=O) groups excluding carboxylic acids is 1. The molecule has 1 heterocycles. The highest BCUT2D eigenvalue weighted by Gasteiger charge is 2.07.